The summed E-state index contributed by atoms with van der Waals surface area (Å²) in [6, 6.07) is 12.5. The van der Waals surface area contributed by atoms with Crippen molar-refractivity contribution in [1.29, 1.82) is 0 Å². The molecule has 268 valence electrons. The van der Waals surface area contributed by atoms with Crippen LogP contribution >= 0.6 is 0 Å². The van der Waals surface area contributed by atoms with E-state index in [4.69, 9.17) is 9.47 Å². The van der Waals surface area contributed by atoms with Crippen molar-refractivity contribution < 1.29 is 37.1 Å². The molecular formula is C34H43N7O8S. The lowest BCUT2D eigenvalue weighted by atomic mass is 9.90. The highest BCUT2D eigenvalue weighted by Crippen LogP contribution is 2.32. The molecule has 3 aromatic rings. The number of aromatic amines is 1. The number of fused-ring (bicyclic) bond motifs is 15. The zero-order valence-corrected chi connectivity index (χ0v) is 29.0. The normalized spacial score (nSPS) is 22.7. The van der Waals surface area contributed by atoms with E-state index >= 15 is 0 Å². The molecule has 16 heteroatoms. The quantitative estimate of drug-likeness (QED) is 0.238. The van der Waals surface area contributed by atoms with Crippen LogP contribution in [0.2, 0.25) is 0 Å². The molecule has 50 heavy (non-hydrogen) atoms. The van der Waals surface area contributed by atoms with Gasteiger partial charge in [-0.2, -0.15) is 4.31 Å². The van der Waals surface area contributed by atoms with E-state index in [0.29, 0.717) is 23.7 Å². The average molecular weight is 710 g/mol. The van der Waals surface area contributed by atoms with Crippen LogP contribution in [-0.2, 0) is 42.0 Å². The van der Waals surface area contributed by atoms with E-state index in [1.54, 1.807) is 24.3 Å². The van der Waals surface area contributed by atoms with Crippen molar-refractivity contribution in [2.24, 2.45) is 0 Å². The van der Waals surface area contributed by atoms with Crippen LogP contribution in [-0.4, -0.2) is 96.3 Å². The summed E-state index contributed by atoms with van der Waals surface area (Å²) in [6.07, 6.45) is 1.91. The maximum atomic E-state index is 14.1. The van der Waals surface area contributed by atoms with Gasteiger partial charge in [0, 0.05) is 38.8 Å². The number of piperidine rings is 1. The Balaban J connectivity index is 1.40. The summed E-state index contributed by atoms with van der Waals surface area (Å²) < 4.78 is 40.2. The van der Waals surface area contributed by atoms with Gasteiger partial charge < -0.3 is 35.7 Å². The summed E-state index contributed by atoms with van der Waals surface area (Å²) in [5, 5.41) is 10.8. The maximum absolute atomic E-state index is 14.1. The monoisotopic (exact) mass is 709 g/mol. The number of hydrogen-bond acceptors (Lipinski definition) is 9. The Morgan fingerprint density at radius 2 is 1.52 bits per heavy atom. The number of aryl methyl sites for hydroxylation is 1. The zero-order chi connectivity index (χ0) is 35.9. The molecule has 0 unspecified atom stereocenters. The van der Waals surface area contributed by atoms with Crippen molar-refractivity contribution in [2.45, 2.75) is 75.2 Å². The molecule has 5 N–H and O–H groups in total. The van der Waals surface area contributed by atoms with Crippen molar-refractivity contribution in [2.75, 3.05) is 26.2 Å². The molecule has 3 aliphatic heterocycles. The Bertz CT molecular complexity index is 1770. The number of ether oxygens (including phenoxy) is 2. The van der Waals surface area contributed by atoms with Gasteiger partial charge in [0.1, 0.15) is 42.1 Å². The highest BCUT2D eigenvalue weighted by atomic mass is 32.2. The summed E-state index contributed by atoms with van der Waals surface area (Å²) >= 11 is 0. The van der Waals surface area contributed by atoms with Crippen LogP contribution in [0.5, 0.6) is 11.5 Å². The number of amides is 4. The number of aromatic nitrogens is 2. The summed E-state index contributed by atoms with van der Waals surface area (Å²) in [5.74, 6) is -0.896. The zero-order valence-electron chi connectivity index (χ0n) is 28.2. The molecule has 4 heterocycles. The molecule has 3 atom stereocenters. The number of carbonyl (C=O) groups excluding carboxylic acids is 4. The van der Waals surface area contributed by atoms with Crippen molar-refractivity contribution in [1.82, 2.24) is 35.5 Å². The molecule has 0 saturated carbocycles. The Kier molecular flexibility index (Phi) is 11.4. The lowest BCUT2D eigenvalue weighted by Gasteiger charge is -2.40. The molecule has 15 nitrogen and oxygen atoms in total. The van der Waals surface area contributed by atoms with Crippen LogP contribution in [0.4, 0.5) is 0 Å². The first-order valence-electron chi connectivity index (χ1n) is 16.6. The van der Waals surface area contributed by atoms with Gasteiger partial charge in [-0.05, 0) is 43.7 Å². The fourth-order valence-electron chi connectivity index (χ4n) is 5.71. The largest absolute Gasteiger partial charge is 0.492 e. The summed E-state index contributed by atoms with van der Waals surface area (Å²) in [6.45, 7) is 5.11. The van der Waals surface area contributed by atoms with E-state index in [2.05, 4.69) is 31.2 Å². The second-order valence-corrected chi connectivity index (χ2v) is 14.2. The molecule has 3 aliphatic rings. The molecule has 1 spiro atoms. The molecule has 0 radical (unpaired) electrons. The van der Waals surface area contributed by atoms with Gasteiger partial charge >= 0.3 is 0 Å². The van der Waals surface area contributed by atoms with Gasteiger partial charge in [0.2, 0.25) is 17.7 Å². The Morgan fingerprint density at radius 3 is 2.18 bits per heavy atom. The molecule has 1 fully saturated rings. The van der Waals surface area contributed by atoms with Crippen LogP contribution in [0.1, 0.15) is 45.0 Å². The van der Waals surface area contributed by atoms with Gasteiger partial charge in [0.25, 0.3) is 15.9 Å². The molecule has 1 aromatic heterocycles. The fourth-order valence-corrected chi connectivity index (χ4v) is 7.09. The van der Waals surface area contributed by atoms with Crippen LogP contribution in [0, 0.1) is 0 Å². The van der Waals surface area contributed by atoms with Crippen molar-refractivity contribution in [3.63, 3.8) is 0 Å². The first kappa shape index (κ1) is 36.3. The smallest absolute Gasteiger partial charge is 0.264 e. The molecule has 2 bridgehead atoms. The summed E-state index contributed by atoms with van der Waals surface area (Å²) in [7, 11) is -3.92. The minimum absolute atomic E-state index is 0.0178. The fraction of sp³-hybridized carbons (Fsp3) is 0.441. The number of H-pyrrole nitrogens is 1. The SMILES string of the molecule is CCc1ncc(S(=O)(=O)N2CCC3(CC2)Oc2ccc(cc2)OCCNC(=O)[C@H](C)NC(=O)[C@H](Cc2ccccc2)NC(=O)[C@H](C)NC3=O)[nH]1. The topological polar surface area (TPSA) is 201 Å². The molecule has 0 aliphatic carbocycles. The number of nitrogens with zero attached hydrogens (tertiary/aromatic N) is 2. The third kappa shape index (κ3) is 8.60. The van der Waals surface area contributed by atoms with Crippen molar-refractivity contribution >= 4 is 33.7 Å². The summed E-state index contributed by atoms with van der Waals surface area (Å²) in [5.41, 5.74) is -0.763. The second kappa shape index (κ2) is 15.7. The van der Waals surface area contributed by atoms with E-state index < -0.39 is 57.4 Å². The number of benzene rings is 2. The van der Waals surface area contributed by atoms with E-state index in [9.17, 15) is 27.6 Å². The van der Waals surface area contributed by atoms with E-state index in [-0.39, 0.29) is 50.5 Å². The van der Waals surface area contributed by atoms with Gasteiger partial charge in [-0.1, -0.05) is 37.3 Å². The van der Waals surface area contributed by atoms with Crippen LogP contribution < -0.4 is 30.7 Å². The number of hydrogen-bond donors (Lipinski definition) is 5. The Hall–Kier alpha value is -4.96. The van der Waals surface area contributed by atoms with E-state index in [1.807, 2.05) is 37.3 Å². The van der Waals surface area contributed by atoms with E-state index in [1.165, 1.54) is 24.3 Å². The molecule has 2 aromatic carbocycles. The van der Waals surface area contributed by atoms with Crippen LogP contribution in [0.15, 0.2) is 65.8 Å². The third-order valence-corrected chi connectivity index (χ3v) is 10.5. The number of rotatable bonds is 5. The number of sulfonamides is 1. The number of imidazole rings is 1. The molecule has 1 saturated heterocycles. The van der Waals surface area contributed by atoms with Gasteiger partial charge in [-0.3, -0.25) is 19.2 Å². The Labute approximate surface area is 290 Å². The van der Waals surface area contributed by atoms with Crippen LogP contribution in [0.3, 0.4) is 0 Å². The Morgan fingerprint density at radius 1 is 0.860 bits per heavy atom. The molecule has 4 amide bonds. The lowest BCUT2D eigenvalue weighted by Crippen LogP contribution is -2.61. The highest BCUT2D eigenvalue weighted by Gasteiger charge is 2.47. The highest BCUT2D eigenvalue weighted by molar-refractivity contribution is 7.89. The maximum Gasteiger partial charge on any atom is 0.264 e. The van der Waals surface area contributed by atoms with E-state index in [0.717, 1.165) is 5.56 Å². The van der Waals surface area contributed by atoms with Gasteiger partial charge in [0.05, 0.1) is 12.7 Å². The second-order valence-electron chi connectivity index (χ2n) is 12.3. The number of carbonyl (C=O) groups is 4. The predicted octanol–water partition coefficient (Wildman–Crippen LogP) is 0.820. The predicted molar refractivity (Wildman–Crippen MR) is 182 cm³/mol. The lowest BCUT2D eigenvalue weighted by molar-refractivity contribution is -0.143. The van der Waals surface area contributed by atoms with Crippen molar-refractivity contribution in [3.05, 3.63) is 72.2 Å². The third-order valence-electron chi connectivity index (χ3n) is 8.72. The first-order valence-corrected chi connectivity index (χ1v) is 18.0. The average Bonchev–Trinajstić information content (AvgIpc) is 3.61. The van der Waals surface area contributed by atoms with Crippen molar-refractivity contribution in [3.8, 4) is 11.5 Å². The summed E-state index contributed by atoms with van der Waals surface area (Å²) in [4.78, 5) is 60.7. The molecule has 6 rings (SSSR count). The molecular weight excluding hydrogens is 666 g/mol. The van der Waals surface area contributed by atoms with Gasteiger partial charge in [-0.15, -0.1) is 0 Å². The van der Waals surface area contributed by atoms with Crippen LogP contribution in [0.25, 0.3) is 0 Å². The first-order chi connectivity index (χ1) is 23.9. The van der Waals surface area contributed by atoms with Gasteiger partial charge in [-0.25, -0.2) is 13.4 Å². The standard InChI is InChI=1S/C34H43N7O8S/c1-4-28-36-21-29(40-28)50(46,47)41-17-14-34(15-18-41)33(45)38-23(3)31(43)39-27(20-24-8-6-5-7-9-24)32(44)37-22(2)30(42)35-16-19-48-25-10-12-26(49-34)13-11-25/h5-13,21-23,27H,4,14-20H2,1-3H3,(H,35,42)(H,36,40)(H,37,44)(H,38,45)(H,39,43)/t22-,23-,27-/m0/s1. The minimum atomic E-state index is -3.92. The van der Waals surface area contributed by atoms with Gasteiger partial charge in [0.15, 0.2) is 10.6 Å². The minimum Gasteiger partial charge on any atom is -0.492 e. The number of nitrogens with one attached hydrogen (secondary N) is 5.